The largest absolute Gasteiger partial charge is 0.336 e. The van der Waals surface area contributed by atoms with Crippen molar-refractivity contribution in [3.63, 3.8) is 0 Å². The lowest BCUT2D eigenvalue weighted by Crippen LogP contribution is -2.56. The van der Waals surface area contributed by atoms with Gasteiger partial charge in [0.05, 0.1) is 12.0 Å². The van der Waals surface area contributed by atoms with E-state index in [1.165, 1.54) is 0 Å². The maximum absolute atomic E-state index is 12.6. The number of carbonyl (C=O) groups excluding carboxylic acids is 2. The third-order valence-electron chi connectivity index (χ3n) is 5.15. The molecule has 23 heavy (non-hydrogen) atoms. The topological polar surface area (TPSA) is 40.6 Å². The van der Waals surface area contributed by atoms with Crippen LogP contribution in [-0.4, -0.2) is 40.2 Å². The van der Waals surface area contributed by atoms with Crippen molar-refractivity contribution < 1.29 is 9.59 Å². The monoisotopic (exact) mass is 314 g/mol. The van der Waals surface area contributed by atoms with Crippen molar-refractivity contribution in [2.24, 2.45) is 0 Å². The zero-order valence-electron chi connectivity index (χ0n) is 14.0. The van der Waals surface area contributed by atoms with Gasteiger partial charge in [0, 0.05) is 26.1 Å². The molecule has 1 aromatic rings. The van der Waals surface area contributed by atoms with Crippen molar-refractivity contribution in [1.82, 2.24) is 9.80 Å². The van der Waals surface area contributed by atoms with E-state index in [0.29, 0.717) is 25.9 Å². The molecule has 4 heteroatoms. The molecule has 2 aliphatic rings. The maximum Gasteiger partial charge on any atom is 0.225 e. The maximum atomic E-state index is 12.6. The molecule has 124 valence electrons. The summed E-state index contributed by atoms with van der Waals surface area (Å²) >= 11 is 0. The number of amides is 2. The normalized spacial score (nSPS) is 24.5. The minimum absolute atomic E-state index is 0.185. The van der Waals surface area contributed by atoms with E-state index in [1.54, 1.807) is 0 Å². The number of rotatable bonds is 4. The lowest BCUT2D eigenvalue weighted by atomic mass is 9.85. The molecule has 2 saturated heterocycles. The smallest absolute Gasteiger partial charge is 0.225 e. The summed E-state index contributed by atoms with van der Waals surface area (Å²) in [5.41, 5.74) is 0.899. The second-order valence-electron chi connectivity index (χ2n) is 6.89. The highest BCUT2D eigenvalue weighted by molar-refractivity contribution is 5.84. The molecule has 2 fully saturated rings. The van der Waals surface area contributed by atoms with E-state index < -0.39 is 0 Å². The third-order valence-corrected chi connectivity index (χ3v) is 5.15. The molecule has 2 amide bonds. The molecule has 1 unspecified atom stereocenters. The van der Waals surface area contributed by atoms with Gasteiger partial charge >= 0.3 is 0 Å². The Hall–Kier alpha value is -1.84. The predicted octanol–water partition coefficient (Wildman–Crippen LogP) is 2.97. The molecule has 1 atom stereocenters. The molecule has 0 aromatic heterocycles. The molecule has 3 rings (SSSR count). The van der Waals surface area contributed by atoms with Gasteiger partial charge in [-0.25, -0.2) is 0 Å². The Morgan fingerprint density at radius 2 is 2.00 bits per heavy atom. The van der Waals surface area contributed by atoms with Gasteiger partial charge < -0.3 is 9.80 Å². The Kier molecular flexibility index (Phi) is 4.69. The summed E-state index contributed by atoms with van der Waals surface area (Å²) in [6.07, 6.45) is 5.09. The van der Waals surface area contributed by atoms with E-state index in [-0.39, 0.29) is 17.4 Å². The Balaban J connectivity index is 1.76. The Morgan fingerprint density at radius 3 is 2.74 bits per heavy atom. The Morgan fingerprint density at radius 1 is 1.22 bits per heavy atom. The Bertz CT molecular complexity index is 572. The standard InChI is InChI=1S/C19H26N2O2/c1-2-8-17(22)21-12-7-6-11-19(21)13-18(23)20(15-19)14-16-9-4-3-5-10-16/h3-5,9-10H,2,6-8,11-15H2,1H3. The highest BCUT2D eigenvalue weighted by atomic mass is 16.2. The summed E-state index contributed by atoms with van der Waals surface area (Å²) in [7, 11) is 0. The molecule has 0 saturated carbocycles. The van der Waals surface area contributed by atoms with E-state index in [1.807, 2.05) is 34.9 Å². The fraction of sp³-hybridized carbons (Fsp3) is 0.579. The van der Waals surface area contributed by atoms with Crippen LogP contribution >= 0.6 is 0 Å². The van der Waals surface area contributed by atoms with Crippen LogP contribution in [0.1, 0.15) is 51.0 Å². The molecule has 2 heterocycles. The lowest BCUT2D eigenvalue weighted by Gasteiger charge is -2.44. The van der Waals surface area contributed by atoms with Gasteiger partial charge in [0.25, 0.3) is 0 Å². The molecule has 2 aliphatic heterocycles. The molecule has 0 N–H and O–H groups in total. The summed E-state index contributed by atoms with van der Waals surface area (Å²) in [6.45, 7) is 4.19. The van der Waals surface area contributed by atoms with Crippen molar-refractivity contribution in [1.29, 1.82) is 0 Å². The first kappa shape index (κ1) is 16.0. The molecule has 0 aliphatic carbocycles. The van der Waals surface area contributed by atoms with Gasteiger partial charge in [0.15, 0.2) is 0 Å². The van der Waals surface area contributed by atoms with E-state index in [4.69, 9.17) is 0 Å². The minimum Gasteiger partial charge on any atom is -0.336 e. The number of likely N-dealkylation sites (tertiary alicyclic amines) is 2. The highest BCUT2D eigenvalue weighted by Gasteiger charge is 2.49. The summed E-state index contributed by atoms with van der Waals surface area (Å²) in [5, 5.41) is 0. The molecule has 4 nitrogen and oxygen atoms in total. The number of nitrogens with zero attached hydrogens (tertiary/aromatic N) is 2. The second kappa shape index (κ2) is 6.73. The van der Waals surface area contributed by atoms with Gasteiger partial charge in [0.1, 0.15) is 0 Å². The van der Waals surface area contributed by atoms with Gasteiger partial charge in [-0.2, -0.15) is 0 Å². The van der Waals surface area contributed by atoms with Crippen molar-refractivity contribution in [2.75, 3.05) is 13.1 Å². The van der Waals surface area contributed by atoms with Crippen molar-refractivity contribution in [3.8, 4) is 0 Å². The van der Waals surface area contributed by atoms with Gasteiger partial charge in [-0.1, -0.05) is 37.3 Å². The van der Waals surface area contributed by atoms with Crippen LogP contribution in [0.4, 0.5) is 0 Å². The van der Waals surface area contributed by atoms with Crippen LogP contribution in [0.5, 0.6) is 0 Å². The van der Waals surface area contributed by atoms with Gasteiger partial charge in [-0.3, -0.25) is 9.59 Å². The minimum atomic E-state index is -0.254. The van der Waals surface area contributed by atoms with E-state index in [0.717, 1.165) is 37.8 Å². The summed E-state index contributed by atoms with van der Waals surface area (Å²) in [4.78, 5) is 29.1. The average Bonchev–Trinajstić information content (AvgIpc) is 2.85. The van der Waals surface area contributed by atoms with Crippen LogP contribution in [0.3, 0.4) is 0 Å². The summed E-state index contributed by atoms with van der Waals surface area (Å²) in [5.74, 6) is 0.409. The van der Waals surface area contributed by atoms with E-state index in [9.17, 15) is 9.59 Å². The predicted molar refractivity (Wildman–Crippen MR) is 89.7 cm³/mol. The first-order valence-electron chi connectivity index (χ1n) is 8.77. The van der Waals surface area contributed by atoms with E-state index in [2.05, 4.69) is 12.1 Å². The first-order chi connectivity index (χ1) is 11.1. The molecule has 1 aromatic carbocycles. The van der Waals surface area contributed by atoms with Crippen LogP contribution in [0.25, 0.3) is 0 Å². The molecular weight excluding hydrogens is 288 g/mol. The zero-order chi connectivity index (χ0) is 16.3. The number of piperidine rings is 1. The van der Waals surface area contributed by atoms with Gasteiger partial charge in [-0.15, -0.1) is 0 Å². The van der Waals surface area contributed by atoms with Crippen LogP contribution < -0.4 is 0 Å². The van der Waals surface area contributed by atoms with Crippen molar-refractivity contribution in [2.45, 2.75) is 57.5 Å². The number of hydrogen-bond acceptors (Lipinski definition) is 2. The fourth-order valence-electron chi connectivity index (χ4n) is 4.02. The number of benzene rings is 1. The fourth-order valence-corrected chi connectivity index (χ4v) is 4.02. The quantitative estimate of drug-likeness (QED) is 0.857. The summed E-state index contributed by atoms with van der Waals surface area (Å²) < 4.78 is 0. The van der Waals surface area contributed by atoms with Gasteiger partial charge in [0.2, 0.25) is 11.8 Å². The summed E-state index contributed by atoms with van der Waals surface area (Å²) in [6, 6.07) is 10.1. The van der Waals surface area contributed by atoms with Crippen LogP contribution in [-0.2, 0) is 16.1 Å². The highest BCUT2D eigenvalue weighted by Crippen LogP contribution is 2.38. The number of hydrogen-bond donors (Lipinski definition) is 0. The first-order valence-corrected chi connectivity index (χ1v) is 8.77. The second-order valence-corrected chi connectivity index (χ2v) is 6.89. The van der Waals surface area contributed by atoms with E-state index >= 15 is 0 Å². The lowest BCUT2D eigenvalue weighted by molar-refractivity contribution is -0.139. The molecular formula is C19H26N2O2. The third kappa shape index (κ3) is 3.26. The van der Waals surface area contributed by atoms with Crippen LogP contribution in [0.15, 0.2) is 30.3 Å². The van der Waals surface area contributed by atoms with Crippen LogP contribution in [0.2, 0.25) is 0 Å². The SMILES string of the molecule is CCCC(=O)N1CCCCC12CC(=O)N(Cc1ccccc1)C2. The molecule has 0 radical (unpaired) electrons. The Labute approximate surface area is 138 Å². The zero-order valence-corrected chi connectivity index (χ0v) is 14.0. The molecule has 0 bridgehead atoms. The molecule has 1 spiro atoms. The number of carbonyl (C=O) groups is 2. The van der Waals surface area contributed by atoms with Crippen molar-refractivity contribution >= 4 is 11.8 Å². The van der Waals surface area contributed by atoms with Crippen LogP contribution in [0, 0.1) is 0 Å². The van der Waals surface area contributed by atoms with Crippen molar-refractivity contribution in [3.05, 3.63) is 35.9 Å². The average molecular weight is 314 g/mol. The van der Waals surface area contributed by atoms with Gasteiger partial charge in [-0.05, 0) is 31.2 Å².